The number of ketones is 3. The Labute approximate surface area is 199 Å². The van der Waals surface area contributed by atoms with Crippen molar-refractivity contribution < 1.29 is 14.4 Å². The first-order chi connectivity index (χ1) is 15.1. The molecule has 2 rings (SSSR count). The highest BCUT2D eigenvalue weighted by atomic mass is 32.1. The van der Waals surface area contributed by atoms with E-state index in [-0.39, 0.29) is 23.3 Å². The van der Waals surface area contributed by atoms with E-state index in [4.69, 9.17) is 12.2 Å². The summed E-state index contributed by atoms with van der Waals surface area (Å²) in [4.78, 5) is 32.8. The van der Waals surface area contributed by atoms with Crippen molar-refractivity contribution >= 4 is 34.7 Å². The van der Waals surface area contributed by atoms with Crippen LogP contribution in [0.25, 0.3) is 0 Å². The van der Waals surface area contributed by atoms with Gasteiger partial charge in [0.1, 0.15) is 11.6 Å². The van der Waals surface area contributed by atoms with Crippen molar-refractivity contribution in [2.75, 3.05) is 0 Å². The molecule has 0 saturated heterocycles. The molecule has 0 spiro atoms. The van der Waals surface area contributed by atoms with Crippen LogP contribution in [0.5, 0.6) is 0 Å². The SMILES string of the molecule is CC(=O)CCC(C)C(C)=O.CCc1c(CNC(=S)NC2CCCCC2)cccc1C(C)=O. The second-order valence-corrected chi connectivity index (χ2v) is 9.18. The lowest BCUT2D eigenvalue weighted by Gasteiger charge is -2.24. The Morgan fingerprint density at radius 1 is 1.09 bits per heavy atom. The Bertz CT molecular complexity index is 785. The second kappa shape index (κ2) is 14.9. The van der Waals surface area contributed by atoms with Crippen molar-refractivity contribution in [1.82, 2.24) is 10.6 Å². The Morgan fingerprint density at radius 2 is 1.75 bits per heavy atom. The standard InChI is InChI=1S/C18H26N2OS.C8H14O2/c1-3-16-14(8-7-11-17(16)13(2)21)12-19-18(22)20-15-9-5-4-6-10-15;1-6(8(3)10)4-5-7(2)9/h7-8,11,15H,3-6,9-10,12H2,1-2H3,(H2,19,20,22);6H,4-5H2,1-3H3. The number of hydrogen-bond acceptors (Lipinski definition) is 4. The van der Waals surface area contributed by atoms with Crippen LogP contribution in [0.4, 0.5) is 0 Å². The normalized spacial score (nSPS) is 14.5. The minimum Gasteiger partial charge on any atom is -0.360 e. The molecule has 178 valence electrons. The number of thiocarbonyl (C=S) groups is 1. The number of rotatable bonds is 9. The molecule has 0 radical (unpaired) electrons. The zero-order valence-electron chi connectivity index (χ0n) is 20.4. The van der Waals surface area contributed by atoms with Crippen molar-refractivity contribution in [3.8, 4) is 0 Å². The average Bonchev–Trinajstić information content (AvgIpc) is 2.76. The number of carbonyl (C=O) groups is 3. The van der Waals surface area contributed by atoms with Crippen LogP contribution in [0.3, 0.4) is 0 Å². The van der Waals surface area contributed by atoms with Crippen molar-refractivity contribution in [3.63, 3.8) is 0 Å². The summed E-state index contributed by atoms with van der Waals surface area (Å²) < 4.78 is 0. The van der Waals surface area contributed by atoms with E-state index in [1.54, 1.807) is 20.8 Å². The Kier molecular flexibility index (Phi) is 13.0. The fourth-order valence-electron chi connectivity index (χ4n) is 3.83. The van der Waals surface area contributed by atoms with Crippen LogP contribution in [0.15, 0.2) is 18.2 Å². The third-order valence-corrected chi connectivity index (χ3v) is 6.27. The van der Waals surface area contributed by atoms with Crippen LogP contribution in [-0.4, -0.2) is 28.5 Å². The predicted octanol–water partition coefficient (Wildman–Crippen LogP) is 5.33. The molecule has 1 aliphatic rings. The summed E-state index contributed by atoms with van der Waals surface area (Å²) in [6.07, 6.45) is 8.43. The molecular formula is C26H40N2O3S. The van der Waals surface area contributed by atoms with Gasteiger partial charge in [0.05, 0.1) is 0 Å². The largest absolute Gasteiger partial charge is 0.360 e. The average molecular weight is 461 g/mol. The van der Waals surface area contributed by atoms with E-state index in [1.807, 2.05) is 19.1 Å². The van der Waals surface area contributed by atoms with Crippen molar-refractivity contribution in [2.24, 2.45) is 5.92 Å². The Balaban J connectivity index is 0.000000433. The molecule has 5 nitrogen and oxygen atoms in total. The van der Waals surface area contributed by atoms with E-state index in [9.17, 15) is 14.4 Å². The Hall–Kier alpha value is -2.08. The number of hydrogen-bond donors (Lipinski definition) is 2. The summed E-state index contributed by atoms with van der Waals surface area (Å²) in [6, 6.07) is 6.44. The number of benzene rings is 1. The summed E-state index contributed by atoms with van der Waals surface area (Å²) in [6.45, 7) is 9.34. The van der Waals surface area contributed by atoms with Crippen LogP contribution >= 0.6 is 12.2 Å². The van der Waals surface area contributed by atoms with E-state index >= 15 is 0 Å². The lowest BCUT2D eigenvalue weighted by molar-refractivity contribution is -0.121. The second-order valence-electron chi connectivity index (χ2n) is 8.77. The monoisotopic (exact) mass is 460 g/mol. The smallest absolute Gasteiger partial charge is 0.166 e. The van der Waals surface area contributed by atoms with E-state index in [1.165, 1.54) is 32.1 Å². The van der Waals surface area contributed by atoms with Crippen molar-refractivity contribution in [2.45, 2.75) is 98.6 Å². The third-order valence-electron chi connectivity index (χ3n) is 6.01. The van der Waals surface area contributed by atoms with Gasteiger partial charge in [-0.15, -0.1) is 0 Å². The summed E-state index contributed by atoms with van der Waals surface area (Å²) in [5, 5.41) is 7.44. The van der Waals surface area contributed by atoms with Gasteiger partial charge in [-0.1, -0.05) is 51.3 Å². The molecule has 32 heavy (non-hydrogen) atoms. The first-order valence-corrected chi connectivity index (χ1v) is 12.2. The van der Waals surface area contributed by atoms with Crippen molar-refractivity contribution in [3.05, 3.63) is 34.9 Å². The quantitative estimate of drug-likeness (QED) is 0.383. The number of nitrogens with one attached hydrogen (secondary N) is 2. The van der Waals surface area contributed by atoms with E-state index in [0.29, 0.717) is 25.4 Å². The molecule has 1 aliphatic carbocycles. The molecule has 6 heteroatoms. The number of Topliss-reactive ketones (excluding diaryl/α,β-unsaturated/α-hetero) is 3. The fourth-order valence-corrected chi connectivity index (χ4v) is 4.07. The van der Waals surface area contributed by atoms with Gasteiger partial charge in [0.25, 0.3) is 0 Å². The van der Waals surface area contributed by atoms with Crippen LogP contribution in [-0.2, 0) is 22.6 Å². The molecule has 1 atom stereocenters. The molecule has 0 bridgehead atoms. The molecule has 0 amide bonds. The van der Waals surface area contributed by atoms with Gasteiger partial charge in [0.15, 0.2) is 10.9 Å². The zero-order valence-corrected chi connectivity index (χ0v) is 21.2. The summed E-state index contributed by atoms with van der Waals surface area (Å²) in [5.74, 6) is 0.500. The predicted molar refractivity (Wildman–Crippen MR) is 135 cm³/mol. The minimum absolute atomic E-state index is 0.0453. The van der Waals surface area contributed by atoms with Crippen LogP contribution in [0, 0.1) is 5.92 Å². The van der Waals surface area contributed by atoms with Crippen LogP contribution < -0.4 is 10.6 Å². The molecule has 1 aromatic carbocycles. The molecule has 1 unspecified atom stereocenters. The van der Waals surface area contributed by atoms with E-state index in [2.05, 4.69) is 23.6 Å². The van der Waals surface area contributed by atoms with Gasteiger partial charge in [0.2, 0.25) is 0 Å². The minimum atomic E-state index is 0.0453. The lowest BCUT2D eigenvalue weighted by atomic mass is 9.95. The third kappa shape index (κ3) is 10.5. The van der Waals surface area contributed by atoms with Gasteiger partial charge in [-0.05, 0) is 69.8 Å². The van der Waals surface area contributed by atoms with Gasteiger partial charge in [-0.25, -0.2) is 0 Å². The van der Waals surface area contributed by atoms with E-state index in [0.717, 1.165) is 28.2 Å². The zero-order chi connectivity index (χ0) is 24.1. The van der Waals surface area contributed by atoms with Crippen LogP contribution in [0.1, 0.15) is 101 Å². The van der Waals surface area contributed by atoms with Gasteiger partial charge in [0, 0.05) is 30.5 Å². The molecule has 1 aromatic rings. The van der Waals surface area contributed by atoms with Gasteiger partial charge in [-0.3, -0.25) is 9.59 Å². The van der Waals surface area contributed by atoms with E-state index < -0.39 is 0 Å². The maximum absolute atomic E-state index is 11.7. The van der Waals surface area contributed by atoms with Gasteiger partial charge < -0.3 is 15.4 Å². The molecule has 0 aromatic heterocycles. The highest BCUT2D eigenvalue weighted by Gasteiger charge is 2.15. The van der Waals surface area contributed by atoms with Gasteiger partial charge >= 0.3 is 0 Å². The molecule has 2 N–H and O–H groups in total. The molecular weight excluding hydrogens is 420 g/mol. The summed E-state index contributed by atoms with van der Waals surface area (Å²) >= 11 is 5.41. The van der Waals surface area contributed by atoms with Crippen molar-refractivity contribution in [1.29, 1.82) is 0 Å². The highest BCUT2D eigenvalue weighted by Crippen LogP contribution is 2.18. The highest BCUT2D eigenvalue weighted by molar-refractivity contribution is 7.80. The fraction of sp³-hybridized carbons (Fsp3) is 0.615. The molecule has 1 saturated carbocycles. The molecule has 0 aliphatic heterocycles. The summed E-state index contributed by atoms with van der Waals surface area (Å²) in [7, 11) is 0. The first kappa shape index (κ1) is 28.0. The molecule has 0 heterocycles. The maximum atomic E-state index is 11.7. The first-order valence-electron chi connectivity index (χ1n) is 11.8. The Morgan fingerprint density at radius 3 is 2.28 bits per heavy atom. The number of carbonyl (C=O) groups excluding carboxylic acids is 3. The lowest BCUT2D eigenvalue weighted by Crippen LogP contribution is -2.42. The molecule has 1 fully saturated rings. The van der Waals surface area contributed by atoms with Gasteiger partial charge in [-0.2, -0.15) is 0 Å². The topological polar surface area (TPSA) is 75.3 Å². The van der Waals surface area contributed by atoms with Crippen LogP contribution in [0.2, 0.25) is 0 Å². The summed E-state index contributed by atoms with van der Waals surface area (Å²) in [5.41, 5.74) is 3.11. The maximum Gasteiger partial charge on any atom is 0.166 e.